The Balaban J connectivity index is 1.54. The highest BCUT2D eigenvalue weighted by Gasteiger charge is 2.32. The summed E-state index contributed by atoms with van der Waals surface area (Å²) in [6, 6.07) is 11.8. The second kappa shape index (κ2) is 9.39. The lowest BCUT2D eigenvalue weighted by molar-refractivity contribution is -0.121. The van der Waals surface area contributed by atoms with Crippen LogP contribution in [0, 0.1) is 0 Å². The van der Waals surface area contributed by atoms with Crippen molar-refractivity contribution >= 4 is 28.5 Å². The average molecular weight is 410 g/mol. The maximum atomic E-state index is 12.9. The monoisotopic (exact) mass is 409 g/mol. The van der Waals surface area contributed by atoms with Crippen molar-refractivity contribution in [1.29, 1.82) is 0 Å². The minimum atomic E-state index is -0.283. The number of imide groups is 1. The van der Waals surface area contributed by atoms with Crippen LogP contribution in [0.4, 0.5) is 0 Å². The van der Waals surface area contributed by atoms with Crippen molar-refractivity contribution in [2.45, 2.75) is 52.6 Å². The molecule has 2 aromatic carbocycles. The molecule has 1 aliphatic heterocycles. The molecule has 1 heterocycles. The molecule has 2 aromatic rings. The minimum absolute atomic E-state index is 0.0538. The zero-order valence-corrected chi connectivity index (χ0v) is 18.3. The van der Waals surface area contributed by atoms with E-state index < -0.39 is 0 Å². The van der Waals surface area contributed by atoms with Crippen LogP contribution < -0.4 is 5.32 Å². The highest BCUT2D eigenvalue weighted by molar-refractivity contribution is 6.25. The van der Waals surface area contributed by atoms with Crippen LogP contribution in [0.2, 0.25) is 0 Å². The van der Waals surface area contributed by atoms with Crippen molar-refractivity contribution in [3.05, 3.63) is 47.5 Å². The Kier molecular flexibility index (Phi) is 6.87. The molecule has 0 unspecified atom stereocenters. The van der Waals surface area contributed by atoms with Gasteiger partial charge in [0.05, 0.1) is 0 Å². The van der Waals surface area contributed by atoms with Gasteiger partial charge in [0.25, 0.3) is 11.8 Å². The van der Waals surface area contributed by atoms with E-state index >= 15 is 0 Å². The zero-order chi connectivity index (χ0) is 21.8. The van der Waals surface area contributed by atoms with Crippen LogP contribution in [0.15, 0.2) is 36.4 Å². The van der Waals surface area contributed by atoms with Crippen LogP contribution in [0.3, 0.4) is 0 Å². The van der Waals surface area contributed by atoms with Crippen molar-refractivity contribution in [3.8, 4) is 0 Å². The van der Waals surface area contributed by atoms with Crippen molar-refractivity contribution in [2.24, 2.45) is 0 Å². The van der Waals surface area contributed by atoms with Gasteiger partial charge < -0.3 is 5.32 Å². The molecule has 0 spiro atoms. The van der Waals surface area contributed by atoms with Crippen molar-refractivity contribution in [1.82, 2.24) is 15.1 Å². The summed E-state index contributed by atoms with van der Waals surface area (Å²) in [5, 5.41) is 4.56. The van der Waals surface area contributed by atoms with Gasteiger partial charge in [0.1, 0.15) is 0 Å². The van der Waals surface area contributed by atoms with E-state index in [2.05, 4.69) is 37.9 Å². The lowest BCUT2D eigenvalue weighted by atomic mass is 9.94. The molecule has 1 N–H and O–H groups in total. The number of nitrogens with one attached hydrogen (secondary N) is 1. The van der Waals surface area contributed by atoms with E-state index in [0.29, 0.717) is 36.2 Å². The molecule has 3 rings (SSSR count). The second-order valence-electron chi connectivity index (χ2n) is 8.35. The molecule has 160 valence electrons. The summed E-state index contributed by atoms with van der Waals surface area (Å²) in [5.41, 5.74) is 1.10. The molecule has 30 heavy (non-hydrogen) atoms. The summed E-state index contributed by atoms with van der Waals surface area (Å²) >= 11 is 0. The third kappa shape index (κ3) is 4.54. The normalized spacial score (nSPS) is 13.8. The molecule has 6 heteroatoms. The van der Waals surface area contributed by atoms with E-state index in [1.54, 1.807) is 12.1 Å². The smallest absolute Gasteiger partial charge is 0.261 e. The van der Waals surface area contributed by atoms with Gasteiger partial charge in [-0.3, -0.25) is 24.2 Å². The molecule has 6 nitrogen and oxygen atoms in total. The summed E-state index contributed by atoms with van der Waals surface area (Å²) < 4.78 is 0. The maximum Gasteiger partial charge on any atom is 0.261 e. The third-order valence-electron chi connectivity index (χ3n) is 5.66. The van der Waals surface area contributed by atoms with Crippen molar-refractivity contribution in [2.75, 3.05) is 19.6 Å². The molecule has 3 amide bonds. The van der Waals surface area contributed by atoms with E-state index in [4.69, 9.17) is 0 Å². The Morgan fingerprint density at radius 3 is 2.07 bits per heavy atom. The Morgan fingerprint density at radius 2 is 1.53 bits per heavy atom. The molecule has 0 aromatic heterocycles. The second-order valence-corrected chi connectivity index (χ2v) is 8.35. The SMILES string of the molecule is CC(C)N(CCNC(=O)CCCN1C(=O)c2cccc3cccc(c23)C1=O)C(C)C. The van der Waals surface area contributed by atoms with E-state index in [-0.39, 0.29) is 30.7 Å². The molecule has 0 atom stereocenters. The zero-order valence-electron chi connectivity index (χ0n) is 18.3. The number of carbonyl (C=O) groups is 3. The van der Waals surface area contributed by atoms with Crippen molar-refractivity contribution in [3.63, 3.8) is 0 Å². The van der Waals surface area contributed by atoms with Gasteiger partial charge in [-0.15, -0.1) is 0 Å². The third-order valence-corrected chi connectivity index (χ3v) is 5.66. The first kappa shape index (κ1) is 22.0. The maximum absolute atomic E-state index is 12.9. The van der Waals surface area contributed by atoms with Gasteiger partial charge >= 0.3 is 0 Å². The largest absolute Gasteiger partial charge is 0.355 e. The van der Waals surface area contributed by atoms with Gasteiger partial charge in [-0.25, -0.2) is 0 Å². The standard InChI is InChI=1S/C24H31N3O3/c1-16(2)26(17(3)4)15-13-25-21(28)12-7-14-27-23(29)19-10-5-8-18-9-6-11-20(22(18)19)24(27)30/h5-6,8-11,16-17H,7,12-15H2,1-4H3,(H,25,28). The molecular formula is C24H31N3O3. The molecule has 0 fully saturated rings. The fourth-order valence-electron chi connectivity index (χ4n) is 4.21. The summed E-state index contributed by atoms with van der Waals surface area (Å²) in [5.74, 6) is -0.620. The van der Waals surface area contributed by atoms with Gasteiger partial charge in [0.2, 0.25) is 5.91 Å². The first-order valence-corrected chi connectivity index (χ1v) is 10.7. The van der Waals surface area contributed by atoms with Crippen LogP contribution in [0.25, 0.3) is 10.8 Å². The Morgan fingerprint density at radius 1 is 0.967 bits per heavy atom. The van der Waals surface area contributed by atoms with E-state index in [0.717, 1.165) is 17.3 Å². The lowest BCUT2D eigenvalue weighted by Gasteiger charge is -2.30. The number of hydrogen-bond acceptors (Lipinski definition) is 4. The van der Waals surface area contributed by atoms with E-state index in [1.165, 1.54) is 4.90 Å². The number of carbonyl (C=O) groups excluding carboxylic acids is 3. The van der Waals surface area contributed by atoms with Crippen molar-refractivity contribution < 1.29 is 14.4 Å². The summed E-state index contributed by atoms with van der Waals surface area (Å²) in [7, 11) is 0. The molecule has 0 saturated carbocycles. The molecule has 0 saturated heterocycles. The molecule has 1 aliphatic rings. The van der Waals surface area contributed by atoms with Gasteiger partial charge in [-0.1, -0.05) is 24.3 Å². The Hall–Kier alpha value is -2.73. The van der Waals surface area contributed by atoms with E-state index in [1.807, 2.05) is 24.3 Å². The Labute approximate surface area is 178 Å². The number of benzene rings is 2. The van der Waals surface area contributed by atoms with Crippen LogP contribution in [0.5, 0.6) is 0 Å². The number of rotatable bonds is 9. The first-order valence-electron chi connectivity index (χ1n) is 10.7. The van der Waals surface area contributed by atoms with Gasteiger partial charge in [-0.05, 0) is 51.6 Å². The molecule has 0 bridgehead atoms. The minimum Gasteiger partial charge on any atom is -0.355 e. The van der Waals surface area contributed by atoms with E-state index in [9.17, 15) is 14.4 Å². The highest BCUT2D eigenvalue weighted by atomic mass is 16.2. The first-order chi connectivity index (χ1) is 14.3. The van der Waals surface area contributed by atoms with Crippen LogP contribution in [-0.2, 0) is 4.79 Å². The lowest BCUT2D eigenvalue weighted by Crippen LogP contribution is -2.43. The van der Waals surface area contributed by atoms with Crippen LogP contribution >= 0.6 is 0 Å². The number of hydrogen-bond donors (Lipinski definition) is 1. The molecule has 0 aliphatic carbocycles. The van der Waals surface area contributed by atoms with Crippen LogP contribution in [0.1, 0.15) is 61.3 Å². The summed E-state index contributed by atoms with van der Waals surface area (Å²) in [4.78, 5) is 41.5. The molecular weight excluding hydrogens is 378 g/mol. The van der Waals surface area contributed by atoms with Gasteiger partial charge in [0, 0.05) is 54.7 Å². The fourth-order valence-corrected chi connectivity index (χ4v) is 4.21. The summed E-state index contributed by atoms with van der Waals surface area (Å²) in [6.07, 6.45) is 0.728. The molecule has 0 radical (unpaired) electrons. The van der Waals surface area contributed by atoms with Gasteiger partial charge in [-0.2, -0.15) is 0 Å². The highest BCUT2D eigenvalue weighted by Crippen LogP contribution is 2.30. The fraction of sp³-hybridized carbons (Fsp3) is 0.458. The quantitative estimate of drug-likeness (QED) is 0.644. The predicted molar refractivity (Wildman–Crippen MR) is 119 cm³/mol. The Bertz CT molecular complexity index is 893. The number of amides is 3. The average Bonchev–Trinajstić information content (AvgIpc) is 2.71. The number of nitrogens with zero attached hydrogens (tertiary/aromatic N) is 2. The summed E-state index contributed by atoms with van der Waals surface area (Å²) in [6.45, 7) is 10.2. The predicted octanol–water partition coefficient (Wildman–Crippen LogP) is 3.45. The topological polar surface area (TPSA) is 69.7 Å². The van der Waals surface area contributed by atoms with Gasteiger partial charge in [0.15, 0.2) is 0 Å². The van der Waals surface area contributed by atoms with Crippen LogP contribution in [-0.4, -0.2) is 59.2 Å².